The lowest BCUT2D eigenvalue weighted by molar-refractivity contribution is 0.578. The molecule has 76 valence electrons. The summed E-state index contributed by atoms with van der Waals surface area (Å²) < 4.78 is 13.6. The van der Waals surface area contributed by atoms with Gasteiger partial charge in [-0.25, -0.2) is 4.39 Å². The summed E-state index contributed by atoms with van der Waals surface area (Å²) in [5.74, 6) is -0.184. The van der Waals surface area contributed by atoms with Crippen molar-refractivity contribution in [1.82, 2.24) is 0 Å². The molecule has 3 heteroatoms. The molecule has 0 spiro atoms. The topological polar surface area (TPSA) is 29.3 Å². The molecule has 1 aromatic rings. The first-order valence-corrected chi connectivity index (χ1v) is 4.80. The van der Waals surface area contributed by atoms with E-state index in [4.69, 9.17) is 5.73 Å². The lowest BCUT2D eigenvalue weighted by Crippen LogP contribution is -2.24. The van der Waals surface area contributed by atoms with Crippen molar-refractivity contribution in [3.05, 3.63) is 29.6 Å². The van der Waals surface area contributed by atoms with Gasteiger partial charge in [-0.1, -0.05) is 6.07 Å². The second-order valence-electron chi connectivity index (χ2n) is 4.18. The first-order chi connectivity index (χ1) is 6.54. The molecule has 1 aromatic carbocycles. The fourth-order valence-corrected chi connectivity index (χ4v) is 1.76. The van der Waals surface area contributed by atoms with Gasteiger partial charge in [0.25, 0.3) is 0 Å². The number of rotatable bonds is 2. The molecule has 2 N–H and O–H groups in total. The summed E-state index contributed by atoms with van der Waals surface area (Å²) in [6, 6.07) is 5.11. The Labute approximate surface area is 83.5 Å². The van der Waals surface area contributed by atoms with Gasteiger partial charge >= 0.3 is 0 Å². The zero-order valence-corrected chi connectivity index (χ0v) is 8.55. The third-order valence-corrected chi connectivity index (χ3v) is 2.76. The predicted molar refractivity (Wildman–Crippen MR) is 55.8 cm³/mol. The van der Waals surface area contributed by atoms with E-state index in [2.05, 4.69) is 0 Å². The number of nitrogens with two attached hydrogens (primary N) is 1. The zero-order chi connectivity index (χ0) is 10.3. The summed E-state index contributed by atoms with van der Waals surface area (Å²) in [5, 5.41) is 0. The Balaban J connectivity index is 2.54. The van der Waals surface area contributed by atoms with Crippen LogP contribution >= 0.6 is 0 Å². The van der Waals surface area contributed by atoms with E-state index in [9.17, 15) is 4.39 Å². The van der Waals surface area contributed by atoms with Gasteiger partial charge in [0.05, 0.1) is 0 Å². The molecule has 0 radical (unpaired) electrons. The smallest absolute Gasteiger partial charge is 0.130 e. The summed E-state index contributed by atoms with van der Waals surface area (Å²) in [4.78, 5) is 1.91. The van der Waals surface area contributed by atoms with Gasteiger partial charge in [0.2, 0.25) is 0 Å². The number of nitrogens with zero attached hydrogens (tertiary/aromatic N) is 1. The van der Waals surface area contributed by atoms with Crippen molar-refractivity contribution >= 4 is 5.69 Å². The molecule has 0 aliphatic heterocycles. The molecule has 0 unspecified atom stereocenters. The molecule has 14 heavy (non-hydrogen) atoms. The Morgan fingerprint density at radius 2 is 2.00 bits per heavy atom. The van der Waals surface area contributed by atoms with Gasteiger partial charge in [-0.15, -0.1) is 0 Å². The average molecular weight is 194 g/mol. The van der Waals surface area contributed by atoms with E-state index in [0.29, 0.717) is 5.56 Å². The lowest BCUT2D eigenvalue weighted by atomic mass is 10.0. The van der Waals surface area contributed by atoms with Gasteiger partial charge in [-0.05, 0) is 25.0 Å². The standard InChI is InChI=1S/C11H15FN2/c1-14(2)9-5-3-4-8(12)10(9)11(13)6-7-11/h3-5H,6-7,13H2,1-2H3. The second kappa shape index (κ2) is 2.95. The average Bonchev–Trinajstić information content (AvgIpc) is 2.84. The van der Waals surface area contributed by atoms with Gasteiger partial charge in [-0.2, -0.15) is 0 Å². The molecule has 0 aromatic heterocycles. The summed E-state index contributed by atoms with van der Waals surface area (Å²) in [7, 11) is 3.81. The number of benzene rings is 1. The first-order valence-electron chi connectivity index (χ1n) is 4.80. The van der Waals surface area contributed by atoms with Crippen LogP contribution in [0.25, 0.3) is 0 Å². The maximum absolute atomic E-state index is 13.6. The molecule has 0 bridgehead atoms. The first kappa shape index (κ1) is 9.46. The van der Waals surface area contributed by atoms with Crippen molar-refractivity contribution in [2.75, 3.05) is 19.0 Å². The molecule has 1 aliphatic rings. The Morgan fingerprint density at radius 3 is 2.50 bits per heavy atom. The minimum atomic E-state index is -0.412. The highest BCUT2D eigenvalue weighted by atomic mass is 19.1. The molecule has 0 atom stereocenters. The van der Waals surface area contributed by atoms with E-state index in [-0.39, 0.29) is 5.82 Å². The van der Waals surface area contributed by atoms with Crippen molar-refractivity contribution in [2.24, 2.45) is 5.73 Å². The second-order valence-corrected chi connectivity index (χ2v) is 4.18. The van der Waals surface area contributed by atoms with Crippen LogP contribution in [0.15, 0.2) is 18.2 Å². The monoisotopic (exact) mass is 194 g/mol. The molecule has 1 saturated carbocycles. The molecule has 0 saturated heterocycles. The molecule has 1 aliphatic carbocycles. The minimum Gasteiger partial charge on any atom is -0.377 e. The Hall–Kier alpha value is -1.09. The van der Waals surface area contributed by atoms with E-state index in [0.717, 1.165) is 18.5 Å². The Morgan fingerprint density at radius 1 is 1.36 bits per heavy atom. The molecule has 2 nitrogen and oxygen atoms in total. The number of hydrogen-bond donors (Lipinski definition) is 1. The van der Waals surface area contributed by atoms with E-state index >= 15 is 0 Å². The summed E-state index contributed by atoms with van der Waals surface area (Å²) in [6.07, 6.45) is 1.77. The van der Waals surface area contributed by atoms with Crippen LogP contribution in [0.4, 0.5) is 10.1 Å². The predicted octanol–water partition coefficient (Wildman–Crippen LogP) is 1.84. The largest absolute Gasteiger partial charge is 0.377 e. The van der Waals surface area contributed by atoms with Crippen LogP contribution in [0, 0.1) is 5.82 Å². The summed E-state index contributed by atoms with van der Waals surface area (Å²) >= 11 is 0. The van der Waals surface area contributed by atoms with Gasteiger partial charge in [0, 0.05) is 30.9 Å². The summed E-state index contributed by atoms with van der Waals surface area (Å²) in [5.41, 5.74) is 7.19. The fourth-order valence-electron chi connectivity index (χ4n) is 1.76. The molecule has 0 heterocycles. The minimum absolute atomic E-state index is 0.184. The van der Waals surface area contributed by atoms with Crippen LogP contribution in [0.3, 0.4) is 0 Å². The van der Waals surface area contributed by atoms with Crippen molar-refractivity contribution in [3.8, 4) is 0 Å². The van der Waals surface area contributed by atoms with E-state index in [1.807, 2.05) is 25.1 Å². The number of hydrogen-bond acceptors (Lipinski definition) is 2. The third-order valence-electron chi connectivity index (χ3n) is 2.76. The van der Waals surface area contributed by atoms with E-state index in [1.165, 1.54) is 6.07 Å². The SMILES string of the molecule is CN(C)c1cccc(F)c1C1(N)CC1. The molecule has 1 fully saturated rings. The van der Waals surface area contributed by atoms with Gasteiger partial charge in [-0.3, -0.25) is 0 Å². The van der Waals surface area contributed by atoms with Gasteiger partial charge in [0.15, 0.2) is 0 Å². The van der Waals surface area contributed by atoms with Crippen LogP contribution in [0.5, 0.6) is 0 Å². The van der Waals surface area contributed by atoms with Crippen LogP contribution in [0.1, 0.15) is 18.4 Å². The van der Waals surface area contributed by atoms with Gasteiger partial charge < -0.3 is 10.6 Å². The molecule has 0 amide bonds. The van der Waals surface area contributed by atoms with Crippen LogP contribution < -0.4 is 10.6 Å². The Kier molecular flexibility index (Phi) is 2.00. The maximum Gasteiger partial charge on any atom is 0.130 e. The highest BCUT2D eigenvalue weighted by molar-refractivity contribution is 5.57. The fraction of sp³-hybridized carbons (Fsp3) is 0.455. The highest BCUT2D eigenvalue weighted by Gasteiger charge is 2.43. The molecular formula is C11H15FN2. The number of anilines is 1. The summed E-state index contributed by atoms with van der Waals surface area (Å²) in [6.45, 7) is 0. The van der Waals surface area contributed by atoms with E-state index in [1.54, 1.807) is 6.07 Å². The highest BCUT2D eigenvalue weighted by Crippen LogP contribution is 2.47. The van der Waals surface area contributed by atoms with Crippen molar-refractivity contribution in [1.29, 1.82) is 0 Å². The van der Waals surface area contributed by atoms with Gasteiger partial charge in [0.1, 0.15) is 5.82 Å². The zero-order valence-electron chi connectivity index (χ0n) is 8.55. The lowest BCUT2D eigenvalue weighted by Gasteiger charge is -2.21. The number of halogens is 1. The van der Waals surface area contributed by atoms with Crippen LogP contribution in [-0.2, 0) is 5.54 Å². The van der Waals surface area contributed by atoms with Crippen molar-refractivity contribution < 1.29 is 4.39 Å². The maximum atomic E-state index is 13.6. The Bertz CT molecular complexity index is 356. The molecule has 2 rings (SSSR count). The van der Waals surface area contributed by atoms with Crippen molar-refractivity contribution in [3.63, 3.8) is 0 Å². The molecular weight excluding hydrogens is 179 g/mol. The van der Waals surface area contributed by atoms with E-state index < -0.39 is 5.54 Å². The van der Waals surface area contributed by atoms with Crippen LogP contribution in [-0.4, -0.2) is 14.1 Å². The quantitative estimate of drug-likeness (QED) is 0.778. The third kappa shape index (κ3) is 1.38. The van der Waals surface area contributed by atoms with Crippen molar-refractivity contribution in [2.45, 2.75) is 18.4 Å². The van der Waals surface area contributed by atoms with Crippen LogP contribution in [0.2, 0.25) is 0 Å². The normalized spacial score (nSPS) is 18.0.